The molecule has 2 aliphatic heterocycles. The summed E-state index contributed by atoms with van der Waals surface area (Å²) >= 11 is 0. The molecular weight excluding hydrogens is 592 g/mol. The molecule has 2 aromatic carbocycles. The van der Waals surface area contributed by atoms with Crippen LogP contribution in [0.2, 0.25) is 0 Å². The zero-order valence-corrected chi connectivity index (χ0v) is 25.2. The molecule has 1 saturated heterocycles. The topological polar surface area (TPSA) is 99.7 Å². The Morgan fingerprint density at radius 3 is 2.58 bits per heavy atom. The van der Waals surface area contributed by atoms with Gasteiger partial charge in [0.2, 0.25) is 5.95 Å². The predicted molar refractivity (Wildman–Crippen MR) is 158 cm³/mol. The van der Waals surface area contributed by atoms with E-state index in [0.717, 1.165) is 50.4 Å². The van der Waals surface area contributed by atoms with E-state index in [0.29, 0.717) is 23.9 Å². The molecule has 45 heavy (non-hydrogen) atoms. The third-order valence-electron chi connectivity index (χ3n) is 9.26. The van der Waals surface area contributed by atoms with Gasteiger partial charge in [0.05, 0.1) is 29.6 Å². The summed E-state index contributed by atoms with van der Waals surface area (Å²) in [7, 11) is 5.05. The molecule has 0 atom stereocenters. The third kappa shape index (κ3) is 6.05. The molecule has 1 spiro atoms. The van der Waals surface area contributed by atoms with Gasteiger partial charge < -0.3 is 25.2 Å². The summed E-state index contributed by atoms with van der Waals surface area (Å²) in [5, 5.41) is 5.67. The first-order valence-electron chi connectivity index (χ1n) is 14.8. The van der Waals surface area contributed by atoms with Crippen LogP contribution in [0.1, 0.15) is 68.8 Å². The fourth-order valence-electron chi connectivity index (χ4n) is 6.72. The van der Waals surface area contributed by atoms with E-state index < -0.39 is 23.5 Å². The second-order valence-corrected chi connectivity index (χ2v) is 12.4. The third-order valence-corrected chi connectivity index (χ3v) is 9.26. The van der Waals surface area contributed by atoms with Crippen LogP contribution in [-0.2, 0) is 19.1 Å². The number of halogens is 4. The Hall–Kier alpha value is -4.26. The van der Waals surface area contributed by atoms with Crippen LogP contribution in [0.5, 0.6) is 5.75 Å². The predicted octanol–water partition coefficient (Wildman–Crippen LogP) is 5.17. The highest BCUT2D eigenvalue weighted by Crippen LogP contribution is 2.49. The van der Waals surface area contributed by atoms with Gasteiger partial charge in [-0.1, -0.05) is 18.2 Å². The molecule has 0 bridgehead atoms. The molecule has 6 rings (SSSR count). The number of rotatable bonds is 7. The number of hydrogen-bond donors (Lipinski definition) is 2. The van der Waals surface area contributed by atoms with Crippen molar-refractivity contribution >= 4 is 23.5 Å². The molecule has 2 N–H and O–H groups in total. The fraction of sp³-hybridized carbons (Fsp3) is 0.438. The highest BCUT2D eigenvalue weighted by molar-refractivity contribution is 5.99. The van der Waals surface area contributed by atoms with Gasteiger partial charge in [0.15, 0.2) is 0 Å². The molecule has 1 saturated carbocycles. The number of carbonyl (C=O) groups excluding carboxylic acids is 2. The number of hydrogen-bond acceptors (Lipinski definition) is 7. The number of carbonyl (C=O) groups is 2. The van der Waals surface area contributed by atoms with Crippen LogP contribution in [0, 0.1) is 11.2 Å². The maximum atomic E-state index is 15.3. The summed E-state index contributed by atoms with van der Waals surface area (Å²) in [6.07, 6.45) is -0.506. The number of piperidine rings is 1. The molecule has 238 valence electrons. The van der Waals surface area contributed by atoms with E-state index in [9.17, 15) is 22.8 Å². The Morgan fingerprint density at radius 2 is 1.89 bits per heavy atom. The summed E-state index contributed by atoms with van der Waals surface area (Å²) in [5.74, 6) is -1.82. The lowest BCUT2D eigenvalue weighted by Gasteiger charge is -2.52. The lowest BCUT2D eigenvalue weighted by molar-refractivity contribution is -0.138. The van der Waals surface area contributed by atoms with Crippen LogP contribution < -0.4 is 15.4 Å². The second-order valence-electron chi connectivity index (χ2n) is 12.4. The van der Waals surface area contributed by atoms with Crippen molar-refractivity contribution in [2.75, 3.05) is 39.6 Å². The standard InChI is InChI=1S/C32H34F4N6O3/c1-41-9-7-31(8-10-41)14-20(15-31)38-28(43)21-12-26(45-3)25(13-23(21)33)40-30-37-16-22(32(34,35)36)24(39-30)11-18-5-4-6-19-17-42(2)29(44)27(18)19/h4-6,12-13,16,20H,7-11,14-15,17H2,1-3H3,(H,38,43)(H,37,39,40). The van der Waals surface area contributed by atoms with Crippen LogP contribution >= 0.6 is 0 Å². The molecule has 1 aromatic heterocycles. The average molecular weight is 627 g/mol. The van der Waals surface area contributed by atoms with E-state index in [2.05, 4.69) is 32.5 Å². The van der Waals surface area contributed by atoms with Crippen molar-refractivity contribution in [1.82, 2.24) is 25.1 Å². The number of fused-ring (bicyclic) bond motifs is 1. The molecule has 2 fully saturated rings. The van der Waals surface area contributed by atoms with Crippen molar-refractivity contribution in [2.24, 2.45) is 5.41 Å². The van der Waals surface area contributed by atoms with E-state index in [1.54, 1.807) is 25.2 Å². The minimum absolute atomic E-state index is 0.0311. The first kappa shape index (κ1) is 30.8. The number of amides is 2. The summed E-state index contributed by atoms with van der Waals surface area (Å²) < 4.78 is 62.6. The van der Waals surface area contributed by atoms with Gasteiger partial charge in [-0.2, -0.15) is 13.2 Å². The van der Waals surface area contributed by atoms with Gasteiger partial charge in [-0.3, -0.25) is 9.59 Å². The van der Waals surface area contributed by atoms with E-state index in [1.165, 1.54) is 18.1 Å². The Balaban J connectivity index is 1.22. The minimum atomic E-state index is -4.75. The smallest absolute Gasteiger partial charge is 0.419 e. The van der Waals surface area contributed by atoms with Crippen molar-refractivity contribution in [3.8, 4) is 5.75 Å². The summed E-state index contributed by atoms with van der Waals surface area (Å²) in [6.45, 7) is 2.41. The summed E-state index contributed by atoms with van der Waals surface area (Å²) in [6, 6.07) is 7.30. The number of nitrogens with one attached hydrogen (secondary N) is 2. The van der Waals surface area contributed by atoms with Gasteiger partial charge in [0, 0.05) is 43.9 Å². The zero-order valence-electron chi connectivity index (χ0n) is 25.2. The Morgan fingerprint density at radius 1 is 1.16 bits per heavy atom. The van der Waals surface area contributed by atoms with Gasteiger partial charge in [0.25, 0.3) is 11.8 Å². The first-order chi connectivity index (χ1) is 21.4. The van der Waals surface area contributed by atoms with Crippen molar-refractivity contribution in [2.45, 2.75) is 50.9 Å². The van der Waals surface area contributed by atoms with E-state index in [1.807, 2.05) is 0 Å². The van der Waals surface area contributed by atoms with Crippen LogP contribution in [-0.4, -0.2) is 71.9 Å². The second kappa shape index (κ2) is 11.6. The lowest BCUT2D eigenvalue weighted by Crippen LogP contribution is -2.54. The Kier molecular flexibility index (Phi) is 7.92. The monoisotopic (exact) mass is 626 g/mol. The molecule has 9 nitrogen and oxygen atoms in total. The molecule has 3 aliphatic rings. The van der Waals surface area contributed by atoms with Crippen LogP contribution in [0.15, 0.2) is 36.5 Å². The number of benzene rings is 2. The molecular formula is C32H34F4N6O3. The van der Waals surface area contributed by atoms with Gasteiger partial charge in [-0.25, -0.2) is 14.4 Å². The normalized spacial score (nSPS) is 18.1. The number of alkyl halides is 3. The lowest BCUT2D eigenvalue weighted by atomic mass is 9.60. The number of nitrogens with zero attached hydrogens (tertiary/aromatic N) is 4. The van der Waals surface area contributed by atoms with Crippen molar-refractivity contribution in [3.63, 3.8) is 0 Å². The molecule has 0 radical (unpaired) electrons. The number of anilines is 2. The van der Waals surface area contributed by atoms with E-state index in [-0.39, 0.29) is 52.4 Å². The minimum Gasteiger partial charge on any atom is -0.495 e. The Labute approximate surface area is 258 Å². The molecule has 0 unspecified atom stereocenters. The first-order valence-corrected chi connectivity index (χ1v) is 14.8. The van der Waals surface area contributed by atoms with Crippen molar-refractivity contribution in [1.29, 1.82) is 0 Å². The summed E-state index contributed by atoms with van der Waals surface area (Å²) in [5.41, 5.74) is 0.158. The molecule has 1 aliphatic carbocycles. The zero-order chi connectivity index (χ0) is 32.1. The van der Waals surface area contributed by atoms with Crippen LogP contribution in [0.4, 0.5) is 29.2 Å². The molecule has 3 heterocycles. The Bertz CT molecular complexity index is 1650. The van der Waals surface area contributed by atoms with Gasteiger partial charge in [-0.15, -0.1) is 0 Å². The maximum absolute atomic E-state index is 15.3. The van der Waals surface area contributed by atoms with Gasteiger partial charge >= 0.3 is 6.18 Å². The van der Waals surface area contributed by atoms with Crippen LogP contribution in [0.25, 0.3) is 0 Å². The van der Waals surface area contributed by atoms with Gasteiger partial charge in [-0.05, 0) is 68.4 Å². The highest BCUT2D eigenvalue weighted by Gasteiger charge is 2.46. The number of likely N-dealkylation sites (tertiary alicyclic amines) is 1. The maximum Gasteiger partial charge on any atom is 0.419 e. The van der Waals surface area contributed by atoms with E-state index >= 15 is 4.39 Å². The molecule has 13 heteroatoms. The highest BCUT2D eigenvalue weighted by atomic mass is 19.4. The molecule has 3 aromatic rings. The SMILES string of the molecule is COc1cc(C(=O)NC2CC3(CCN(C)CC3)C2)c(F)cc1Nc1ncc(C(F)(F)F)c(Cc2cccc3c2C(=O)N(C)C3)n1. The largest absolute Gasteiger partial charge is 0.495 e. The molecule has 2 amide bonds. The number of aromatic nitrogens is 2. The quantitative estimate of drug-likeness (QED) is 0.350. The van der Waals surface area contributed by atoms with Crippen molar-refractivity contribution < 1.29 is 31.9 Å². The number of methoxy groups -OCH3 is 1. The van der Waals surface area contributed by atoms with Crippen LogP contribution in [0.3, 0.4) is 0 Å². The average Bonchev–Trinajstić information content (AvgIpc) is 3.26. The summed E-state index contributed by atoms with van der Waals surface area (Å²) in [4.78, 5) is 37.5. The van der Waals surface area contributed by atoms with E-state index in [4.69, 9.17) is 4.74 Å². The van der Waals surface area contributed by atoms with Crippen molar-refractivity contribution in [3.05, 3.63) is 75.9 Å². The fourth-order valence-corrected chi connectivity index (χ4v) is 6.72. The number of ether oxygens (including phenoxy) is 1. The van der Waals surface area contributed by atoms with Gasteiger partial charge in [0.1, 0.15) is 11.6 Å².